The average Bonchev–Trinajstić information content (AvgIpc) is 2.39. The maximum Gasteiger partial charge on any atom is 0.335 e. The molecule has 0 aliphatic rings. The normalized spacial score (nSPS) is 10.4. The molecule has 4 heteroatoms. The van der Waals surface area contributed by atoms with Gasteiger partial charge >= 0.3 is 11.9 Å². The van der Waals surface area contributed by atoms with Crippen LogP contribution in [0.25, 0.3) is 11.1 Å². The van der Waals surface area contributed by atoms with Gasteiger partial charge in [-0.15, -0.1) is 0 Å². The van der Waals surface area contributed by atoms with E-state index in [-0.39, 0.29) is 11.1 Å². The van der Waals surface area contributed by atoms with Crippen molar-refractivity contribution in [1.82, 2.24) is 0 Å². The van der Waals surface area contributed by atoms with Crippen LogP contribution in [-0.4, -0.2) is 22.2 Å². The van der Waals surface area contributed by atoms with E-state index in [1.165, 1.54) is 6.07 Å². The molecule has 108 valence electrons. The summed E-state index contributed by atoms with van der Waals surface area (Å²) in [5, 5.41) is 18.5. The standard InChI is InChI=1S/C17H16O4/c1-9-5-4-6-10(2)15(9)13-7-12(16(18)19)8-14(11(13)3)17(20)21/h4-8H,1-3H3,(H,18,19)(H,20,21). The molecule has 2 aromatic carbocycles. The minimum atomic E-state index is -1.13. The summed E-state index contributed by atoms with van der Waals surface area (Å²) < 4.78 is 0. The Hall–Kier alpha value is -2.62. The van der Waals surface area contributed by atoms with Crippen LogP contribution in [0.15, 0.2) is 30.3 Å². The Morgan fingerprint density at radius 3 is 1.95 bits per heavy atom. The van der Waals surface area contributed by atoms with Crippen LogP contribution in [0.3, 0.4) is 0 Å². The van der Waals surface area contributed by atoms with Crippen molar-refractivity contribution in [2.45, 2.75) is 20.8 Å². The lowest BCUT2D eigenvalue weighted by Gasteiger charge is -2.15. The predicted octanol–water partition coefficient (Wildman–Crippen LogP) is 3.68. The number of benzene rings is 2. The third-order valence-corrected chi connectivity index (χ3v) is 3.64. The van der Waals surface area contributed by atoms with Crippen molar-refractivity contribution in [3.8, 4) is 11.1 Å². The highest BCUT2D eigenvalue weighted by Crippen LogP contribution is 2.32. The minimum Gasteiger partial charge on any atom is -0.478 e. The number of aromatic carboxylic acids is 2. The highest BCUT2D eigenvalue weighted by Gasteiger charge is 2.18. The fourth-order valence-corrected chi connectivity index (χ4v) is 2.56. The smallest absolute Gasteiger partial charge is 0.335 e. The van der Waals surface area contributed by atoms with E-state index >= 15 is 0 Å². The number of carboxylic acids is 2. The summed E-state index contributed by atoms with van der Waals surface area (Å²) >= 11 is 0. The molecule has 0 aliphatic carbocycles. The van der Waals surface area contributed by atoms with E-state index in [2.05, 4.69) is 0 Å². The van der Waals surface area contributed by atoms with Crippen LogP contribution in [0, 0.1) is 20.8 Å². The van der Waals surface area contributed by atoms with Gasteiger partial charge in [0, 0.05) is 0 Å². The lowest BCUT2D eigenvalue weighted by Crippen LogP contribution is -2.07. The molecule has 0 aliphatic heterocycles. The summed E-state index contributed by atoms with van der Waals surface area (Å²) in [5.41, 5.74) is 4.09. The fraction of sp³-hybridized carbons (Fsp3) is 0.176. The van der Waals surface area contributed by atoms with E-state index in [0.29, 0.717) is 11.1 Å². The second-order valence-corrected chi connectivity index (χ2v) is 5.07. The van der Waals surface area contributed by atoms with Gasteiger partial charge in [0.2, 0.25) is 0 Å². The van der Waals surface area contributed by atoms with E-state index in [9.17, 15) is 19.8 Å². The van der Waals surface area contributed by atoms with Crippen molar-refractivity contribution in [2.75, 3.05) is 0 Å². The van der Waals surface area contributed by atoms with E-state index in [4.69, 9.17) is 0 Å². The summed E-state index contributed by atoms with van der Waals surface area (Å²) in [5.74, 6) is -2.26. The van der Waals surface area contributed by atoms with Gasteiger partial charge in [-0.3, -0.25) is 0 Å². The summed E-state index contributed by atoms with van der Waals surface area (Å²) in [6.45, 7) is 5.56. The third-order valence-electron chi connectivity index (χ3n) is 3.64. The molecule has 21 heavy (non-hydrogen) atoms. The maximum absolute atomic E-state index is 11.4. The van der Waals surface area contributed by atoms with E-state index in [1.54, 1.807) is 13.0 Å². The zero-order valence-corrected chi connectivity index (χ0v) is 12.1. The average molecular weight is 284 g/mol. The van der Waals surface area contributed by atoms with Crippen LogP contribution in [0.2, 0.25) is 0 Å². The number of aryl methyl sites for hydroxylation is 2. The first-order valence-corrected chi connectivity index (χ1v) is 6.50. The largest absolute Gasteiger partial charge is 0.478 e. The van der Waals surface area contributed by atoms with Crippen molar-refractivity contribution in [3.63, 3.8) is 0 Å². The Balaban J connectivity index is 2.85. The molecule has 0 saturated carbocycles. The zero-order valence-electron chi connectivity index (χ0n) is 12.1. The van der Waals surface area contributed by atoms with Gasteiger partial charge in [0.25, 0.3) is 0 Å². The number of carboxylic acid groups (broad SMARTS) is 2. The zero-order chi connectivity index (χ0) is 15.7. The number of hydrogen-bond acceptors (Lipinski definition) is 2. The monoisotopic (exact) mass is 284 g/mol. The molecule has 0 aromatic heterocycles. The summed E-state index contributed by atoms with van der Waals surface area (Å²) in [4.78, 5) is 22.6. The van der Waals surface area contributed by atoms with Crippen LogP contribution in [0.5, 0.6) is 0 Å². The molecule has 0 amide bonds. The Morgan fingerprint density at radius 2 is 1.48 bits per heavy atom. The van der Waals surface area contributed by atoms with E-state index in [0.717, 1.165) is 16.7 Å². The van der Waals surface area contributed by atoms with Crippen molar-refractivity contribution < 1.29 is 19.8 Å². The Morgan fingerprint density at radius 1 is 0.905 bits per heavy atom. The van der Waals surface area contributed by atoms with Gasteiger partial charge in [0.1, 0.15) is 0 Å². The quantitative estimate of drug-likeness (QED) is 0.901. The van der Waals surface area contributed by atoms with Gasteiger partial charge in [-0.05, 0) is 60.7 Å². The lowest BCUT2D eigenvalue weighted by atomic mass is 9.89. The Labute approximate surface area is 122 Å². The first kappa shape index (κ1) is 14.8. The van der Waals surface area contributed by atoms with Crippen LogP contribution in [-0.2, 0) is 0 Å². The minimum absolute atomic E-state index is 0.0179. The number of rotatable bonds is 3. The molecule has 0 heterocycles. The molecule has 2 aromatic rings. The van der Waals surface area contributed by atoms with Crippen molar-refractivity contribution in [1.29, 1.82) is 0 Å². The first-order chi connectivity index (χ1) is 9.82. The number of hydrogen-bond donors (Lipinski definition) is 2. The van der Waals surface area contributed by atoms with E-state index < -0.39 is 11.9 Å². The highest BCUT2D eigenvalue weighted by molar-refractivity contribution is 5.98. The first-order valence-electron chi connectivity index (χ1n) is 6.50. The van der Waals surface area contributed by atoms with Gasteiger partial charge in [0.05, 0.1) is 11.1 Å². The molecule has 4 nitrogen and oxygen atoms in total. The molecule has 0 unspecified atom stereocenters. The maximum atomic E-state index is 11.4. The van der Waals surface area contributed by atoms with Crippen molar-refractivity contribution in [2.24, 2.45) is 0 Å². The summed E-state index contributed by atoms with van der Waals surface area (Å²) in [7, 11) is 0. The van der Waals surface area contributed by atoms with Crippen molar-refractivity contribution >= 4 is 11.9 Å². The molecule has 0 atom stereocenters. The molecule has 0 fully saturated rings. The Kier molecular flexibility index (Phi) is 3.80. The van der Waals surface area contributed by atoms with Crippen LogP contribution >= 0.6 is 0 Å². The Bertz CT molecular complexity index is 724. The molecule has 0 saturated heterocycles. The second kappa shape index (κ2) is 5.40. The topological polar surface area (TPSA) is 74.6 Å². The molecular formula is C17H16O4. The van der Waals surface area contributed by atoms with Gasteiger partial charge in [-0.25, -0.2) is 9.59 Å². The molecule has 0 spiro atoms. The molecular weight excluding hydrogens is 268 g/mol. The molecule has 0 bridgehead atoms. The van der Waals surface area contributed by atoms with Crippen LogP contribution in [0.1, 0.15) is 37.4 Å². The fourth-order valence-electron chi connectivity index (χ4n) is 2.56. The summed E-state index contributed by atoms with van der Waals surface area (Å²) in [6, 6.07) is 8.52. The van der Waals surface area contributed by atoms with E-state index in [1.807, 2.05) is 32.0 Å². The van der Waals surface area contributed by atoms with Crippen LogP contribution in [0.4, 0.5) is 0 Å². The summed E-state index contributed by atoms with van der Waals surface area (Å²) in [6.07, 6.45) is 0. The molecule has 2 N–H and O–H groups in total. The third kappa shape index (κ3) is 2.65. The van der Waals surface area contributed by atoms with Gasteiger partial charge < -0.3 is 10.2 Å². The van der Waals surface area contributed by atoms with Crippen LogP contribution < -0.4 is 0 Å². The SMILES string of the molecule is Cc1cccc(C)c1-c1cc(C(=O)O)cc(C(=O)O)c1C. The van der Waals surface area contributed by atoms with Gasteiger partial charge in [-0.2, -0.15) is 0 Å². The predicted molar refractivity (Wildman–Crippen MR) is 80.0 cm³/mol. The second-order valence-electron chi connectivity index (χ2n) is 5.07. The number of carbonyl (C=O) groups is 2. The molecule has 0 radical (unpaired) electrons. The van der Waals surface area contributed by atoms with Gasteiger partial charge in [-0.1, -0.05) is 18.2 Å². The van der Waals surface area contributed by atoms with Gasteiger partial charge in [0.15, 0.2) is 0 Å². The van der Waals surface area contributed by atoms with Crippen molar-refractivity contribution in [3.05, 3.63) is 58.1 Å². The highest BCUT2D eigenvalue weighted by atomic mass is 16.4. The molecule has 2 rings (SSSR count). The lowest BCUT2D eigenvalue weighted by molar-refractivity contribution is 0.0695.